The van der Waals surface area contributed by atoms with Crippen LogP contribution in [0.5, 0.6) is 0 Å². The van der Waals surface area contributed by atoms with E-state index in [0.29, 0.717) is 0 Å². The lowest BCUT2D eigenvalue weighted by Gasteiger charge is -2.01. The summed E-state index contributed by atoms with van der Waals surface area (Å²) in [7, 11) is 0. The van der Waals surface area contributed by atoms with Crippen LogP contribution in [-0.4, -0.2) is 4.98 Å². The minimum Gasteiger partial charge on any atom is -0.357 e. The van der Waals surface area contributed by atoms with Crippen molar-refractivity contribution in [2.45, 2.75) is 27.2 Å². The molecule has 0 bridgehead atoms. The molecule has 0 aliphatic rings. The molecule has 0 radical (unpaired) electrons. The minimum absolute atomic E-state index is 1.09. The van der Waals surface area contributed by atoms with E-state index in [1.807, 2.05) is 0 Å². The van der Waals surface area contributed by atoms with Gasteiger partial charge in [-0.25, -0.2) is 0 Å². The first-order valence-corrected chi connectivity index (χ1v) is 5.70. The van der Waals surface area contributed by atoms with E-state index in [1.165, 1.54) is 27.7 Å². The van der Waals surface area contributed by atoms with Crippen molar-refractivity contribution in [3.8, 4) is 0 Å². The van der Waals surface area contributed by atoms with Gasteiger partial charge in [0.2, 0.25) is 0 Å². The van der Waals surface area contributed by atoms with Gasteiger partial charge in [-0.1, -0.05) is 13.0 Å². The molecule has 0 saturated carbocycles. The Morgan fingerprint density at radius 1 is 1.29 bits per heavy atom. The summed E-state index contributed by atoms with van der Waals surface area (Å²) in [5.74, 6) is 0. The Morgan fingerprint density at radius 2 is 2.00 bits per heavy atom. The number of halogens is 1. The lowest BCUT2D eigenvalue weighted by atomic mass is 10.0. The van der Waals surface area contributed by atoms with Crippen molar-refractivity contribution in [2.75, 3.05) is 0 Å². The summed E-state index contributed by atoms with van der Waals surface area (Å²) in [5.41, 5.74) is 5.32. The van der Waals surface area contributed by atoms with Crippen molar-refractivity contribution in [3.63, 3.8) is 0 Å². The number of aromatic amines is 1. The molecule has 0 fully saturated rings. The van der Waals surface area contributed by atoms with Gasteiger partial charge in [0, 0.05) is 15.6 Å². The molecular weight excluding hydrogens is 238 g/mol. The third-order valence-corrected chi connectivity index (χ3v) is 3.44. The molecule has 0 amide bonds. The molecule has 1 N–H and O–H groups in total. The summed E-state index contributed by atoms with van der Waals surface area (Å²) in [6, 6.07) is 4.27. The predicted octanol–water partition coefficient (Wildman–Crippen LogP) is 4.11. The highest BCUT2D eigenvalue weighted by atomic mass is 79.9. The lowest BCUT2D eigenvalue weighted by molar-refractivity contribution is 1.11. The fourth-order valence-corrected chi connectivity index (χ4v) is 2.51. The van der Waals surface area contributed by atoms with Crippen LogP contribution in [0.15, 0.2) is 16.6 Å². The number of fused-ring (bicyclic) bond motifs is 1. The first-order chi connectivity index (χ1) is 6.65. The Bertz CT molecular complexity index is 483. The van der Waals surface area contributed by atoms with E-state index in [4.69, 9.17) is 0 Å². The van der Waals surface area contributed by atoms with Crippen LogP contribution in [-0.2, 0) is 6.42 Å². The van der Waals surface area contributed by atoms with Gasteiger partial charge >= 0.3 is 0 Å². The number of H-pyrrole nitrogens is 1. The topological polar surface area (TPSA) is 15.8 Å². The number of aromatic nitrogens is 1. The molecule has 0 spiro atoms. The van der Waals surface area contributed by atoms with Crippen molar-refractivity contribution in [2.24, 2.45) is 0 Å². The van der Waals surface area contributed by atoms with Gasteiger partial charge in [0.25, 0.3) is 0 Å². The van der Waals surface area contributed by atoms with E-state index in [9.17, 15) is 0 Å². The molecule has 1 heterocycles. The summed E-state index contributed by atoms with van der Waals surface area (Å²) in [4.78, 5) is 3.44. The summed E-state index contributed by atoms with van der Waals surface area (Å²) in [6.07, 6.45) is 1.09. The summed E-state index contributed by atoms with van der Waals surface area (Å²) < 4.78 is 1.15. The second kappa shape index (κ2) is 3.43. The molecule has 0 aliphatic carbocycles. The second-order valence-corrected chi connectivity index (χ2v) is 4.55. The van der Waals surface area contributed by atoms with Crippen LogP contribution < -0.4 is 0 Å². The molecule has 0 atom stereocenters. The number of nitrogens with one attached hydrogen (secondary N) is 1. The van der Waals surface area contributed by atoms with Crippen molar-refractivity contribution in [1.29, 1.82) is 0 Å². The molecule has 1 nitrogen and oxygen atoms in total. The third kappa shape index (κ3) is 1.29. The Morgan fingerprint density at radius 3 is 2.64 bits per heavy atom. The highest BCUT2D eigenvalue weighted by molar-refractivity contribution is 9.10. The first kappa shape index (κ1) is 9.78. The van der Waals surface area contributed by atoms with Crippen LogP contribution in [0, 0.1) is 13.8 Å². The van der Waals surface area contributed by atoms with Gasteiger partial charge in [-0.05, 0) is 53.4 Å². The average molecular weight is 252 g/mol. The Kier molecular flexibility index (Phi) is 2.40. The molecule has 74 valence electrons. The Balaban J connectivity index is 2.93. The molecule has 2 heteroatoms. The smallest absolute Gasteiger partial charge is 0.0605 e. The fourth-order valence-electron chi connectivity index (χ4n) is 2.08. The van der Waals surface area contributed by atoms with Crippen LogP contribution in [0.2, 0.25) is 0 Å². The van der Waals surface area contributed by atoms with E-state index < -0.39 is 0 Å². The zero-order valence-electron chi connectivity index (χ0n) is 8.74. The number of hydrogen-bond acceptors (Lipinski definition) is 0. The quantitative estimate of drug-likeness (QED) is 0.786. The van der Waals surface area contributed by atoms with Crippen LogP contribution in [0.4, 0.5) is 0 Å². The third-order valence-electron chi connectivity index (χ3n) is 2.78. The van der Waals surface area contributed by atoms with Gasteiger partial charge < -0.3 is 4.98 Å². The minimum atomic E-state index is 1.09. The molecular formula is C12H14BrN. The van der Waals surface area contributed by atoms with Gasteiger partial charge in [-0.3, -0.25) is 0 Å². The Labute approximate surface area is 92.6 Å². The van der Waals surface area contributed by atoms with E-state index in [0.717, 1.165) is 10.9 Å². The molecule has 0 aliphatic heterocycles. The number of rotatable bonds is 1. The molecule has 0 saturated heterocycles. The van der Waals surface area contributed by atoms with Gasteiger partial charge in [-0.2, -0.15) is 0 Å². The fraction of sp³-hybridized carbons (Fsp3) is 0.333. The molecule has 2 aromatic rings. The standard InChI is InChI=1S/C12H14BrN/c1-4-9-8(3)14-12-10(13)6-5-7(2)11(9)12/h5-6,14H,4H2,1-3H3. The van der Waals surface area contributed by atoms with Crippen molar-refractivity contribution >= 4 is 26.8 Å². The zero-order chi connectivity index (χ0) is 10.3. The number of aryl methyl sites for hydroxylation is 3. The monoisotopic (exact) mass is 251 g/mol. The van der Waals surface area contributed by atoms with Crippen LogP contribution in [0.1, 0.15) is 23.7 Å². The largest absolute Gasteiger partial charge is 0.357 e. The first-order valence-electron chi connectivity index (χ1n) is 4.91. The summed E-state index contributed by atoms with van der Waals surface area (Å²) >= 11 is 3.58. The average Bonchev–Trinajstić information content (AvgIpc) is 2.50. The normalized spacial score (nSPS) is 11.1. The summed E-state index contributed by atoms with van der Waals surface area (Å²) in [6.45, 7) is 6.52. The molecule has 1 aromatic heterocycles. The predicted molar refractivity (Wildman–Crippen MR) is 64.9 cm³/mol. The second-order valence-electron chi connectivity index (χ2n) is 3.70. The van der Waals surface area contributed by atoms with E-state index >= 15 is 0 Å². The molecule has 1 aromatic carbocycles. The van der Waals surface area contributed by atoms with Crippen molar-refractivity contribution < 1.29 is 0 Å². The molecule has 0 unspecified atom stereocenters. The maximum Gasteiger partial charge on any atom is 0.0605 e. The number of hydrogen-bond donors (Lipinski definition) is 1. The highest BCUT2D eigenvalue weighted by Gasteiger charge is 2.10. The summed E-state index contributed by atoms with van der Waals surface area (Å²) in [5, 5.41) is 1.39. The van der Waals surface area contributed by atoms with Gasteiger partial charge in [0.1, 0.15) is 0 Å². The van der Waals surface area contributed by atoms with Crippen LogP contribution >= 0.6 is 15.9 Å². The van der Waals surface area contributed by atoms with Crippen LogP contribution in [0.3, 0.4) is 0 Å². The SMILES string of the molecule is CCc1c(C)[nH]c2c(Br)ccc(C)c12. The maximum atomic E-state index is 3.58. The molecule has 14 heavy (non-hydrogen) atoms. The van der Waals surface area contributed by atoms with Gasteiger partial charge in [0.15, 0.2) is 0 Å². The Hall–Kier alpha value is -0.760. The van der Waals surface area contributed by atoms with Gasteiger partial charge in [-0.15, -0.1) is 0 Å². The zero-order valence-corrected chi connectivity index (χ0v) is 10.3. The lowest BCUT2D eigenvalue weighted by Crippen LogP contribution is -1.83. The van der Waals surface area contributed by atoms with Gasteiger partial charge in [0.05, 0.1) is 5.52 Å². The van der Waals surface area contributed by atoms with Crippen molar-refractivity contribution in [3.05, 3.63) is 33.4 Å². The highest BCUT2D eigenvalue weighted by Crippen LogP contribution is 2.31. The van der Waals surface area contributed by atoms with E-state index in [1.54, 1.807) is 0 Å². The van der Waals surface area contributed by atoms with E-state index in [2.05, 4.69) is 53.8 Å². The van der Waals surface area contributed by atoms with E-state index in [-0.39, 0.29) is 0 Å². The number of benzene rings is 1. The maximum absolute atomic E-state index is 3.58. The van der Waals surface area contributed by atoms with Crippen molar-refractivity contribution in [1.82, 2.24) is 4.98 Å². The molecule has 2 rings (SSSR count). The van der Waals surface area contributed by atoms with Crippen LogP contribution in [0.25, 0.3) is 10.9 Å².